The van der Waals surface area contributed by atoms with Gasteiger partial charge in [-0.15, -0.1) is 0 Å². The second-order valence-electron chi connectivity index (χ2n) is 7.46. The average Bonchev–Trinajstić information content (AvgIpc) is 3.38. The third-order valence-corrected chi connectivity index (χ3v) is 6.67. The van der Waals surface area contributed by atoms with Crippen LogP contribution in [0.3, 0.4) is 0 Å². The van der Waals surface area contributed by atoms with Crippen molar-refractivity contribution in [3.05, 3.63) is 65.1 Å². The number of hydrogen-bond acceptors (Lipinski definition) is 6. The molecule has 2 heterocycles. The molecular weight excluding hydrogens is 442 g/mol. The lowest BCUT2D eigenvalue weighted by Gasteiger charge is -2.15. The topological polar surface area (TPSA) is 48.0 Å². The van der Waals surface area contributed by atoms with Gasteiger partial charge in [0.15, 0.2) is 15.8 Å². The Morgan fingerprint density at radius 1 is 1.12 bits per heavy atom. The molecule has 5 rings (SSSR count). The highest BCUT2D eigenvalue weighted by Gasteiger charge is 2.34. The van der Waals surface area contributed by atoms with Gasteiger partial charge in [-0.05, 0) is 41.5 Å². The summed E-state index contributed by atoms with van der Waals surface area (Å²) in [7, 11) is 0. The van der Waals surface area contributed by atoms with Crippen molar-refractivity contribution in [2.45, 2.75) is 19.8 Å². The Kier molecular flexibility index (Phi) is 5.76. The minimum Gasteiger partial charge on any atom is -0.493 e. The van der Waals surface area contributed by atoms with Gasteiger partial charge in [0.1, 0.15) is 5.75 Å². The number of benzene rings is 3. The molecule has 5 nitrogen and oxygen atoms in total. The van der Waals surface area contributed by atoms with Gasteiger partial charge in [0, 0.05) is 11.6 Å². The van der Waals surface area contributed by atoms with Crippen LogP contribution >= 0.6 is 24.0 Å². The molecule has 0 atom stereocenters. The molecule has 0 aliphatic carbocycles. The highest BCUT2D eigenvalue weighted by atomic mass is 32.2. The van der Waals surface area contributed by atoms with Crippen molar-refractivity contribution in [1.82, 2.24) is 0 Å². The average molecular weight is 464 g/mol. The fourth-order valence-electron chi connectivity index (χ4n) is 3.72. The van der Waals surface area contributed by atoms with E-state index < -0.39 is 0 Å². The molecule has 2 aliphatic heterocycles. The quantitative estimate of drug-likeness (QED) is 0.248. The van der Waals surface area contributed by atoms with E-state index in [1.54, 1.807) is 12.1 Å². The zero-order valence-corrected chi connectivity index (χ0v) is 19.1. The molecule has 7 heteroatoms. The third kappa shape index (κ3) is 3.82. The largest absolute Gasteiger partial charge is 0.493 e. The Morgan fingerprint density at radius 3 is 2.84 bits per heavy atom. The summed E-state index contributed by atoms with van der Waals surface area (Å²) >= 11 is 6.85. The van der Waals surface area contributed by atoms with Gasteiger partial charge in [-0.25, -0.2) is 0 Å². The number of unbranched alkanes of at least 4 members (excludes halogenated alkanes) is 1. The molecule has 2 aliphatic rings. The van der Waals surface area contributed by atoms with E-state index in [0.717, 1.165) is 34.9 Å². The number of ether oxygens (including phenoxy) is 3. The van der Waals surface area contributed by atoms with Gasteiger partial charge in [0.25, 0.3) is 5.91 Å². The molecule has 162 valence electrons. The lowest BCUT2D eigenvalue weighted by Crippen LogP contribution is -2.27. The Morgan fingerprint density at radius 2 is 1.97 bits per heavy atom. The number of fused-ring (bicyclic) bond motifs is 2. The van der Waals surface area contributed by atoms with Crippen molar-refractivity contribution in [3.63, 3.8) is 0 Å². The van der Waals surface area contributed by atoms with Crippen LogP contribution in [0.15, 0.2) is 59.5 Å². The van der Waals surface area contributed by atoms with Crippen molar-refractivity contribution in [3.8, 4) is 17.2 Å². The van der Waals surface area contributed by atoms with Gasteiger partial charge in [0.05, 0.1) is 17.2 Å². The number of carbonyl (C=O) groups is 1. The normalized spacial score (nSPS) is 16.4. The standard InChI is InChI=1S/C25H21NO4S2/c1-2-3-12-28-20-10-8-16-6-4-5-7-18(16)19(20)14-23-24(27)26(25(31)32-23)17-9-11-21-22(13-17)30-15-29-21/h4-11,13-14H,2-3,12,15H2,1H3/b23-14-. The molecular formula is C25H21NO4S2. The molecule has 1 fully saturated rings. The van der Waals surface area contributed by atoms with Crippen LogP contribution in [0.2, 0.25) is 0 Å². The highest BCUT2D eigenvalue weighted by molar-refractivity contribution is 8.27. The summed E-state index contributed by atoms with van der Waals surface area (Å²) in [4.78, 5) is 15.5. The minimum absolute atomic E-state index is 0.161. The molecule has 32 heavy (non-hydrogen) atoms. The summed E-state index contributed by atoms with van der Waals surface area (Å²) in [6.07, 6.45) is 3.92. The molecule has 1 saturated heterocycles. The summed E-state index contributed by atoms with van der Waals surface area (Å²) in [5.74, 6) is 1.89. The molecule has 0 saturated carbocycles. The number of anilines is 1. The molecule has 1 amide bonds. The summed E-state index contributed by atoms with van der Waals surface area (Å²) in [5.41, 5.74) is 1.56. The van der Waals surface area contributed by atoms with Gasteiger partial charge >= 0.3 is 0 Å². The number of thioether (sulfide) groups is 1. The Balaban J connectivity index is 1.53. The van der Waals surface area contributed by atoms with E-state index in [4.69, 9.17) is 26.4 Å². The number of rotatable bonds is 6. The van der Waals surface area contributed by atoms with Crippen molar-refractivity contribution >= 4 is 56.7 Å². The number of hydrogen-bond donors (Lipinski definition) is 0. The van der Waals surface area contributed by atoms with E-state index in [-0.39, 0.29) is 12.7 Å². The van der Waals surface area contributed by atoms with Crippen molar-refractivity contribution in [2.75, 3.05) is 18.3 Å². The summed E-state index contributed by atoms with van der Waals surface area (Å²) in [6, 6.07) is 17.5. The van der Waals surface area contributed by atoms with E-state index in [2.05, 4.69) is 13.0 Å². The monoisotopic (exact) mass is 463 g/mol. The summed E-state index contributed by atoms with van der Waals surface area (Å²) in [6.45, 7) is 2.94. The Bertz CT molecular complexity index is 1250. The van der Waals surface area contributed by atoms with E-state index >= 15 is 0 Å². The highest BCUT2D eigenvalue weighted by Crippen LogP contribution is 2.42. The van der Waals surface area contributed by atoms with Gasteiger partial charge in [-0.3, -0.25) is 9.69 Å². The van der Waals surface area contributed by atoms with Crippen LogP contribution in [0, 0.1) is 0 Å². The third-order valence-electron chi connectivity index (χ3n) is 5.37. The van der Waals surface area contributed by atoms with Crippen LogP contribution < -0.4 is 19.1 Å². The maximum Gasteiger partial charge on any atom is 0.270 e. The predicted octanol–water partition coefficient (Wildman–Crippen LogP) is 6.15. The van der Waals surface area contributed by atoms with Gasteiger partial charge in [-0.2, -0.15) is 0 Å². The van der Waals surface area contributed by atoms with Crippen LogP contribution in [0.4, 0.5) is 5.69 Å². The van der Waals surface area contributed by atoms with Crippen LogP contribution in [0.1, 0.15) is 25.3 Å². The molecule has 0 bridgehead atoms. The molecule has 0 unspecified atom stereocenters. The van der Waals surface area contributed by atoms with Crippen LogP contribution in [-0.4, -0.2) is 23.6 Å². The first-order valence-electron chi connectivity index (χ1n) is 10.5. The van der Waals surface area contributed by atoms with Crippen molar-refractivity contribution < 1.29 is 19.0 Å². The molecule has 0 N–H and O–H groups in total. The first kappa shape index (κ1) is 20.8. The fraction of sp³-hybridized carbons (Fsp3) is 0.200. The number of carbonyl (C=O) groups excluding carboxylic acids is 1. The number of thiocarbonyl (C=S) groups is 1. The fourth-order valence-corrected chi connectivity index (χ4v) is 5.00. The Labute approximate surface area is 195 Å². The Hall–Kier alpha value is -3.03. The van der Waals surface area contributed by atoms with Crippen LogP contribution in [0.25, 0.3) is 16.8 Å². The van der Waals surface area contributed by atoms with Crippen molar-refractivity contribution in [1.29, 1.82) is 0 Å². The van der Waals surface area contributed by atoms with E-state index in [1.165, 1.54) is 16.7 Å². The second-order valence-corrected chi connectivity index (χ2v) is 9.13. The maximum absolute atomic E-state index is 13.4. The van der Waals surface area contributed by atoms with E-state index in [0.29, 0.717) is 33.0 Å². The SMILES string of the molecule is CCCCOc1ccc2ccccc2c1/C=C1\SC(=S)N(c2ccc3c(c2)OCO3)C1=O. The summed E-state index contributed by atoms with van der Waals surface area (Å²) < 4.78 is 17.4. The molecule has 0 radical (unpaired) electrons. The van der Waals surface area contributed by atoms with E-state index in [1.807, 2.05) is 42.5 Å². The minimum atomic E-state index is -0.161. The van der Waals surface area contributed by atoms with E-state index in [9.17, 15) is 4.79 Å². The van der Waals surface area contributed by atoms with Crippen molar-refractivity contribution in [2.24, 2.45) is 0 Å². The predicted molar refractivity (Wildman–Crippen MR) is 133 cm³/mol. The molecule has 0 spiro atoms. The first-order chi connectivity index (χ1) is 15.7. The first-order valence-corrected chi connectivity index (χ1v) is 11.7. The van der Waals surface area contributed by atoms with Crippen LogP contribution in [-0.2, 0) is 4.79 Å². The summed E-state index contributed by atoms with van der Waals surface area (Å²) in [5, 5.41) is 2.13. The van der Waals surface area contributed by atoms with Gasteiger partial charge in [0.2, 0.25) is 6.79 Å². The smallest absolute Gasteiger partial charge is 0.270 e. The van der Waals surface area contributed by atoms with Gasteiger partial charge in [-0.1, -0.05) is 67.7 Å². The number of amides is 1. The lowest BCUT2D eigenvalue weighted by atomic mass is 10.0. The zero-order chi connectivity index (χ0) is 22.1. The number of nitrogens with zero attached hydrogens (tertiary/aromatic N) is 1. The second kappa shape index (κ2) is 8.84. The van der Waals surface area contributed by atoms with Crippen LogP contribution in [0.5, 0.6) is 17.2 Å². The molecule has 0 aromatic heterocycles. The lowest BCUT2D eigenvalue weighted by molar-refractivity contribution is -0.113. The maximum atomic E-state index is 13.4. The zero-order valence-electron chi connectivity index (χ0n) is 17.5. The molecule has 3 aromatic carbocycles. The molecule has 3 aromatic rings. The van der Waals surface area contributed by atoms with Gasteiger partial charge < -0.3 is 14.2 Å².